The second-order valence-corrected chi connectivity index (χ2v) is 7.68. The van der Waals surface area contributed by atoms with Gasteiger partial charge in [0, 0.05) is 25.2 Å². The number of nitrogens with one attached hydrogen (secondary N) is 2. The summed E-state index contributed by atoms with van der Waals surface area (Å²) in [6.45, 7) is 5.52. The van der Waals surface area contributed by atoms with Crippen LogP contribution in [0.4, 0.5) is 5.69 Å². The molecule has 2 rings (SSSR count). The van der Waals surface area contributed by atoms with Crippen molar-refractivity contribution in [2.75, 3.05) is 18.0 Å². The third-order valence-electron chi connectivity index (χ3n) is 4.08. The molecule has 1 aromatic carbocycles. The van der Waals surface area contributed by atoms with Crippen LogP contribution in [-0.4, -0.2) is 39.4 Å². The summed E-state index contributed by atoms with van der Waals surface area (Å²) in [6.07, 6.45) is 1.39. The molecular weight excluding hydrogens is 330 g/mol. The van der Waals surface area contributed by atoms with Crippen LogP contribution in [0.2, 0.25) is 0 Å². The fourth-order valence-electron chi connectivity index (χ4n) is 2.54. The third-order valence-corrected chi connectivity index (χ3v) is 5.48. The molecule has 0 bridgehead atoms. The van der Waals surface area contributed by atoms with E-state index in [9.17, 15) is 18.0 Å². The fourth-order valence-corrected chi connectivity index (χ4v) is 3.58. The van der Waals surface area contributed by atoms with Crippen molar-refractivity contribution >= 4 is 27.5 Å². The predicted molar refractivity (Wildman–Crippen MR) is 91.3 cm³/mol. The molecule has 0 radical (unpaired) electrons. The lowest BCUT2D eigenvalue weighted by Crippen LogP contribution is -2.40. The monoisotopic (exact) mass is 353 g/mol. The van der Waals surface area contributed by atoms with E-state index in [0.717, 1.165) is 17.7 Å². The Balaban J connectivity index is 2.08. The van der Waals surface area contributed by atoms with E-state index in [4.69, 9.17) is 0 Å². The first kappa shape index (κ1) is 18.4. The highest BCUT2D eigenvalue weighted by Crippen LogP contribution is 2.30. The van der Waals surface area contributed by atoms with Crippen LogP contribution in [0, 0.1) is 0 Å². The second kappa shape index (κ2) is 7.31. The zero-order chi connectivity index (χ0) is 17.9. The average Bonchev–Trinajstić information content (AvgIpc) is 2.96. The Hall–Kier alpha value is -1.93. The number of carbonyl (C=O) groups is 2. The maximum atomic E-state index is 12.3. The van der Waals surface area contributed by atoms with Crippen LogP contribution in [0.15, 0.2) is 23.1 Å². The number of fused-ring (bicyclic) bond motifs is 1. The molecule has 1 unspecified atom stereocenters. The van der Waals surface area contributed by atoms with E-state index in [1.54, 1.807) is 17.0 Å². The van der Waals surface area contributed by atoms with Gasteiger partial charge in [-0.05, 0) is 43.5 Å². The summed E-state index contributed by atoms with van der Waals surface area (Å²) in [5.41, 5.74) is 1.56. The lowest BCUT2D eigenvalue weighted by Gasteiger charge is -2.15. The number of hydrogen-bond acceptors (Lipinski definition) is 4. The zero-order valence-electron chi connectivity index (χ0n) is 14.1. The molecule has 0 spiro atoms. The van der Waals surface area contributed by atoms with Crippen LogP contribution in [0.25, 0.3) is 0 Å². The van der Waals surface area contributed by atoms with E-state index in [-0.39, 0.29) is 29.3 Å². The zero-order valence-corrected chi connectivity index (χ0v) is 14.9. The number of hydrogen-bond donors (Lipinski definition) is 2. The van der Waals surface area contributed by atoms with Gasteiger partial charge in [0.05, 0.1) is 11.4 Å². The number of anilines is 1. The van der Waals surface area contributed by atoms with Crippen LogP contribution in [0.5, 0.6) is 0 Å². The Bertz CT molecular complexity index is 746. The molecular formula is C16H23N3O4S. The highest BCUT2D eigenvalue weighted by atomic mass is 32.2. The van der Waals surface area contributed by atoms with Crippen molar-refractivity contribution in [3.8, 4) is 0 Å². The van der Waals surface area contributed by atoms with Crippen molar-refractivity contribution in [3.63, 3.8) is 0 Å². The first-order valence-corrected chi connectivity index (χ1v) is 9.43. The van der Waals surface area contributed by atoms with Crippen LogP contribution in [-0.2, 0) is 26.0 Å². The molecule has 1 aliphatic heterocycles. The van der Waals surface area contributed by atoms with E-state index in [1.165, 1.54) is 13.0 Å². The van der Waals surface area contributed by atoms with Crippen LogP contribution < -0.4 is 14.9 Å². The predicted octanol–water partition coefficient (Wildman–Crippen LogP) is 0.789. The molecule has 0 aromatic heterocycles. The number of sulfonamides is 1. The SMILES string of the molecule is CCC(C)NC(=O)CNS(=O)(=O)c1ccc2c(c1)CCN2C(C)=O. The van der Waals surface area contributed by atoms with Gasteiger partial charge in [0.15, 0.2) is 0 Å². The number of benzene rings is 1. The van der Waals surface area contributed by atoms with Gasteiger partial charge >= 0.3 is 0 Å². The number of amides is 2. The smallest absolute Gasteiger partial charge is 0.241 e. The van der Waals surface area contributed by atoms with E-state index in [0.29, 0.717) is 13.0 Å². The van der Waals surface area contributed by atoms with E-state index < -0.39 is 10.0 Å². The molecule has 2 N–H and O–H groups in total. The quantitative estimate of drug-likeness (QED) is 0.790. The molecule has 1 atom stereocenters. The fraction of sp³-hybridized carbons (Fsp3) is 0.500. The minimum Gasteiger partial charge on any atom is -0.353 e. The van der Waals surface area contributed by atoms with Crippen molar-refractivity contribution in [2.45, 2.75) is 44.6 Å². The first-order valence-electron chi connectivity index (χ1n) is 7.94. The van der Waals surface area contributed by atoms with E-state index in [2.05, 4.69) is 10.0 Å². The molecule has 24 heavy (non-hydrogen) atoms. The molecule has 0 saturated carbocycles. The summed E-state index contributed by atoms with van der Waals surface area (Å²) in [4.78, 5) is 25.0. The van der Waals surface area contributed by atoms with Gasteiger partial charge in [-0.25, -0.2) is 13.1 Å². The number of carbonyl (C=O) groups excluding carboxylic acids is 2. The summed E-state index contributed by atoms with van der Waals surface area (Å²) in [7, 11) is -3.77. The minimum absolute atomic E-state index is 0.000405. The standard InChI is InChI=1S/C16H23N3O4S/c1-4-11(2)18-16(21)10-17-24(22,23)14-5-6-15-13(9-14)7-8-19(15)12(3)20/h5-6,9,11,17H,4,7-8,10H2,1-3H3,(H,18,21). The van der Waals surface area contributed by atoms with Gasteiger partial charge in [-0.1, -0.05) is 6.92 Å². The molecule has 2 amide bonds. The second-order valence-electron chi connectivity index (χ2n) is 5.91. The normalized spacial score (nSPS) is 15.0. The van der Waals surface area contributed by atoms with Gasteiger partial charge in [-0.15, -0.1) is 0 Å². The first-order chi connectivity index (χ1) is 11.2. The van der Waals surface area contributed by atoms with Gasteiger partial charge in [0.2, 0.25) is 21.8 Å². The maximum Gasteiger partial charge on any atom is 0.241 e. The Kier molecular flexibility index (Phi) is 5.61. The molecule has 7 nitrogen and oxygen atoms in total. The van der Waals surface area contributed by atoms with E-state index in [1.807, 2.05) is 13.8 Å². The maximum absolute atomic E-state index is 12.3. The van der Waals surface area contributed by atoms with E-state index >= 15 is 0 Å². The molecule has 0 aliphatic carbocycles. The van der Waals surface area contributed by atoms with Crippen LogP contribution in [0.3, 0.4) is 0 Å². The molecule has 132 valence electrons. The lowest BCUT2D eigenvalue weighted by molar-refractivity contribution is -0.120. The van der Waals surface area contributed by atoms with Gasteiger partial charge in [0.25, 0.3) is 0 Å². The highest BCUT2D eigenvalue weighted by molar-refractivity contribution is 7.89. The highest BCUT2D eigenvalue weighted by Gasteiger charge is 2.25. The molecule has 1 aromatic rings. The molecule has 1 aliphatic rings. The Morgan fingerprint density at radius 3 is 2.67 bits per heavy atom. The van der Waals surface area contributed by atoms with Gasteiger partial charge in [-0.3, -0.25) is 9.59 Å². The average molecular weight is 353 g/mol. The van der Waals surface area contributed by atoms with Crippen molar-refractivity contribution in [1.29, 1.82) is 0 Å². The Morgan fingerprint density at radius 1 is 1.33 bits per heavy atom. The minimum atomic E-state index is -3.77. The molecule has 1 heterocycles. The molecule has 0 saturated heterocycles. The Labute approximate surface area is 142 Å². The molecule has 0 fully saturated rings. The largest absolute Gasteiger partial charge is 0.353 e. The summed E-state index contributed by atoms with van der Waals surface area (Å²) in [5, 5.41) is 2.70. The van der Waals surface area contributed by atoms with Crippen LogP contribution >= 0.6 is 0 Å². The number of nitrogens with zero attached hydrogens (tertiary/aromatic N) is 1. The van der Waals surface area contributed by atoms with Crippen LogP contribution in [0.1, 0.15) is 32.8 Å². The summed E-state index contributed by atoms with van der Waals surface area (Å²) >= 11 is 0. The van der Waals surface area contributed by atoms with Gasteiger partial charge in [0.1, 0.15) is 0 Å². The van der Waals surface area contributed by atoms with Crippen molar-refractivity contribution in [1.82, 2.24) is 10.0 Å². The number of rotatable bonds is 6. The van der Waals surface area contributed by atoms with Gasteiger partial charge < -0.3 is 10.2 Å². The van der Waals surface area contributed by atoms with Crippen molar-refractivity contribution in [3.05, 3.63) is 23.8 Å². The lowest BCUT2D eigenvalue weighted by atomic mass is 10.2. The topological polar surface area (TPSA) is 95.6 Å². The summed E-state index contributed by atoms with van der Waals surface area (Å²) in [5.74, 6) is -0.430. The third kappa shape index (κ3) is 4.12. The summed E-state index contributed by atoms with van der Waals surface area (Å²) < 4.78 is 27.0. The summed E-state index contributed by atoms with van der Waals surface area (Å²) in [6, 6.07) is 4.65. The van der Waals surface area contributed by atoms with Crippen molar-refractivity contribution < 1.29 is 18.0 Å². The van der Waals surface area contributed by atoms with Crippen molar-refractivity contribution in [2.24, 2.45) is 0 Å². The Morgan fingerprint density at radius 2 is 2.04 bits per heavy atom. The van der Waals surface area contributed by atoms with Gasteiger partial charge in [-0.2, -0.15) is 0 Å². The molecule has 8 heteroatoms.